The summed E-state index contributed by atoms with van der Waals surface area (Å²) in [7, 11) is 1.74. The average Bonchev–Trinajstić information content (AvgIpc) is 2.43. The van der Waals surface area contributed by atoms with Crippen LogP contribution in [0.1, 0.15) is 24.8 Å². The van der Waals surface area contributed by atoms with E-state index in [0.717, 1.165) is 36.4 Å². The van der Waals surface area contributed by atoms with Gasteiger partial charge in [0.2, 0.25) is 5.91 Å². The zero-order chi connectivity index (χ0) is 13.0. The smallest absolute Gasteiger partial charge is 0.227 e. The first kappa shape index (κ1) is 12.4. The molecule has 1 heterocycles. The predicted octanol–water partition coefficient (Wildman–Crippen LogP) is 2.28. The van der Waals surface area contributed by atoms with Gasteiger partial charge in [-0.25, -0.2) is 0 Å². The first-order chi connectivity index (χ1) is 8.72. The number of carbonyl (C=O) groups is 1. The highest BCUT2D eigenvalue weighted by molar-refractivity contribution is 5.93. The summed E-state index contributed by atoms with van der Waals surface area (Å²) in [5.41, 5.74) is 2.01. The number of nitrogens with zero attached hydrogens (tertiary/aromatic N) is 2. The van der Waals surface area contributed by atoms with Gasteiger partial charge in [-0.1, -0.05) is 0 Å². The third kappa shape index (κ3) is 2.62. The highest BCUT2D eigenvalue weighted by atomic mass is 16.5. The molecule has 0 N–H and O–H groups in total. The SMILES string of the molecule is CN(C(=O)CCC#N)c1ccc2c(c1)CCCO2. The maximum absolute atomic E-state index is 11.8. The number of aryl methyl sites for hydroxylation is 1. The molecule has 18 heavy (non-hydrogen) atoms. The maximum Gasteiger partial charge on any atom is 0.227 e. The molecule has 0 aliphatic carbocycles. The van der Waals surface area contributed by atoms with Crippen LogP contribution in [0.3, 0.4) is 0 Å². The second kappa shape index (κ2) is 5.54. The summed E-state index contributed by atoms with van der Waals surface area (Å²) in [6, 6.07) is 7.78. The molecular weight excluding hydrogens is 228 g/mol. The highest BCUT2D eigenvalue weighted by Gasteiger charge is 2.15. The van der Waals surface area contributed by atoms with Crippen LogP contribution in [0.15, 0.2) is 18.2 Å². The first-order valence-electron chi connectivity index (χ1n) is 6.11. The molecule has 0 radical (unpaired) electrons. The van der Waals surface area contributed by atoms with Crippen molar-refractivity contribution in [1.82, 2.24) is 0 Å². The van der Waals surface area contributed by atoms with Crippen molar-refractivity contribution in [2.75, 3.05) is 18.6 Å². The number of amides is 1. The van der Waals surface area contributed by atoms with Gasteiger partial charge in [0, 0.05) is 25.6 Å². The number of rotatable bonds is 3. The molecule has 4 heteroatoms. The number of fused-ring (bicyclic) bond motifs is 1. The van der Waals surface area contributed by atoms with E-state index < -0.39 is 0 Å². The van der Waals surface area contributed by atoms with Crippen molar-refractivity contribution in [2.45, 2.75) is 25.7 Å². The number of anilines is 1. The molecule has 0 saturated heterocycles. The quantitative estimate of drug-likeness (QED) is 0.819. The molecule has 0 unspecified atom stereocenters. The number of ether oxygens (including phenoxy) is 1. The normalized spacial score (nSPS) is 13.1. The van der Waals surface area contributed by atoms with E-state index in [1.54, 1.807) is 11.9 Å². The minimum Gasteiger partial charge on any atom is -0.493 e. The van der Waals surface area contributed by atoms with Gasteiger partial charge in [0.25, 0.3) is 0 Å². The molecule has 1 aromatic carbocycles. The third-order valence-corrected chi connectivity index (χ3v) is 3.10. The minimum absolute atomic E-state index is 0.0340. The summed E-state index contributed by atoms with van der Waals surface area (Å²) in [5.74, 6) is 0.885. The standard InChI is InChI=1S/C14H16N2O2/c1-16(14(17)5-2-8-15)12-6-7-13-11(10-12)4-3-9-18-13/h6-7,10H,2-5,9H2,1H3. The van der Waals surface area contributed by atoms with Crippen molar-refractivity contribution in [3.8, 4) is 11.8 Å². The topological polar surface area (TPSA) is 53.3 Å². The van der Waals surface area contributed by atoms with E-state index in [4.69, 9.17) is 10.00 Å². The van der Waals surface area contributed by atoms with Crippen LogP contribution in [-0.2, 0) is 11.2 Å². The summed E-state index contributed by atoms with van der Waals surface area (Å²) in [6.07, 6.45) is 2.53. The molecule has 2 rings (SSSR count). The molecule has 0 atom stereocenters. The van der Waals surface area contributed by atoms with Gasteiger partial charge in [-0.05, 0) is 36.6 Å². The van der Waals surface area contributed by atoms with Gasteiger partial charge in [0.1, 0.15) is 5.75 Å². The van der Waals surface area contributed by atoms with Gasteiger partial charge in [-0.3, -0.25) is 4.79 Å². The van der Waals surface area contributed by atoms with Gasteiger partial charge in [-0.15, -0.1) is 0 Å². The van der Waals surface area contributed by atoms with Gasteiger partial charge in [0.15, 0.2) is 0 Å². The van der Waals surface area contributed by atoms with Crippen molar-refractivity contribution in [2.24, 2.45) is 0 Å². The van der Waals surface area contributed by atoms with Gasteiger partial charge in [0.05, 0.1) is 12.7 Å². The summed E-state index contributed by atoms with van der Waals surface area (Å²) in [6.45, 7) is 0.767. The molecule has 0 spiro atoms. The summed E-state index contributed by atoms with van der Waals surface area (Å²) in [5, 5.41) is 8.49. The Kier molecular flexibility index (Phi) is 3.83. The van der Waals surface area contributed by atoms with Crippen LogP contribution in [0.25, 0.3) is 0 Å². The minimum atomic E-state index is -0.0340. The number of carbonyl (C=O) groups excluding carboxylic acids is 1. The average molecular weight is 244 g/mol. The van der Waals surface area contributed by atoms with Gasteiger partial charge >= 0.3 is 0 Å². The number of hydrogen-bond acceptors (Lipinski definition) is 3. The molecule has 1 aliphatic rings. The van der Waals surface area contributed by atoms with E-state index in [1.807, 2.05) is 24.3 Å². The maximum atomic E-state index is 11.8. The van der Waals surface area contributed by atoms with Crippen LogP contribution in [0.4, 0.5) is 5.69 Å². The first-order valence-corrected chi connectivity index (χ1v) is 6.11. The van der Waals surface area contributed by atoms with Crippen LogP contribution in [0.5, 0.6) is 5.75 Å². The largest absolute Gasteiger partial charge is 0.493 e. The Balaban J connectivity index is 2.13. The molecular formula is C14H16N2O2. The molecule has 94 valence electrons. The van der Waals surface area contributed by atoms with Gasteiger partial charge < -0.3 is 9.64 Å². The van der Waals surface area contributed by atoms with Crippen molar-refractivity contribution < 1.29 is 9.53 Å². The third-order valence-electron chi connectivity index (χ3n) is 3.10. The van der Waals surface area contributed by atoms with Crippen molar-refractivity contribution in [1.29, 1.82) is 5.26 Å². The molecule has 0 bridgehead atoms. The number of benzene rings is 1. The lowest BCUT2D eigenvalue weighted by atomic mass is 10.1. The van der Waals surface area contributed by atoms with Crippen LogP contribution in [0.2, 0.25) is 0 Å². The van der Waals surface area contributed by atoms with Crippen LogP contribution in [-0.4, -0.2) is 19.6 Å². The van der Waals surface area contributed by atoms with Crippen molar-refractivity contribution in [3.63, 3.8) is 0 Å². The molecule has 1 amide bonds. The van der Waals surface area contributed by atoms with Crippen LogP contribution >= 0.6 is 0 Å². The summed E-state index contributed by atoms with van der Waals surface area (Å²) < 4.78 is 5.54. The highest BCUT2D eigenvalue weighted by Crippen LogP contribution is 2.29. The zero-order valence-corrected chi connectivity index (χ0v) is 10.5. The molecule has 0 fully saturated rings. The Morgan fingerprint density at radius 3 is 3.17 bits per heavy atom. The lowest BCUT2D eigenvalue weighted by molar-refractivity contribution is -0.118. The molecule has 0 saturated carbocycles. The number of hydrogen-bond donors (Lipinski definition) is 0. The van der Waals surface area contributed by atoms with Gasteiger partial charge in [-0.2, -0.15) is 5.26 Å². The fraction of sp³-hybridized carbons (Fsp3) is 0.429. The zero-order valence-electron chi connectivity index (χ0n) is 10.5. The van der Waals surface area contributed by atoms with Crippen molar-refractivity contribution in [3.05, 3.63) is 23.8 Å². The van der Waals surface area contributed by atoms with E-state index in [2.05, 4.69) is 0 Å². The van der Waals surface area contributed by atoms with E-state index in [1.165, 1.54) is 0 Å². The fourth-order valence-electron chi connectivity index (χ4n) is 2.03. The monoisotopic (exact) mass is 244 g/mol. The summed E-state index contributed by atoms with van der Waals surface area (Å²) >= 11 is 0. The number of nitriles is 1. The Hall–Kier alpha value is -2.02. The Labute approximate surface area is 107 Å². The van der Waals surface area contributed by atoms with E-state index in [9.17, 15) is 4.79 Å². The van der Waals surface area contributed by atoms with E-state index in [-0.39, 0.29) is 18.7 Å². The van der Waals surface area contributed by atoms with Crippen LogP contribution < -0.4 is 9.64 Å². The van der Waals surface area contributed by atoms with E-state index >= 15 is 0 Å². The van der Waals surface area contributed by atoms with Crippen LogP contribution in [0, 0.1) is 11.3 Å². The summed E-state index contributed by atoms with van der Waals surface area (Å²) in [4.78, 5) is 13.4. The fourth-order valence-corrected chi connectivity index (χ4v) is 2.03. The molecule has 4 nitrogen and oxygen atoms in total. The van der Waals surface area contributed by atoms with E-state index in [0.29, 0.717) is 0 Å². The Bertz CT molecular complexity index is 491. The Morgan fingerprint density at radius 1 is 1.56 bits per heavy atom. The molecule has 1 aromatic rings. The Morgan fingerprint density at radius 2 is 2.39 bits per heavy atom. The molecule has 1 aliphatic heterocycles. The molecule has 0 aromatic heterocycles. The van der Waals surface area contributed by atoms with Crippen molar-refractivity contribution >= 4 is 11.6 Å². The predicted molar refractivity (Wildman–Crippen MR) is 68.5 cm³/mol. The lowest BCUT2D eigenvalue weighted by Gasteiger charge is -2.21. The second-order valence-corrected chi connectivity index (χ2v) is 4.35. The lowest BCUT2D eigenvalue weighted by Crippen LogP contribution is -2.26. The second-order valence-electron chi connectivity index (χ2n) is 4.35.